The third-order valence-corrected chi connectivity index (χ3v) is 4.09. The van der Waals surface area contributed by atoms with Crippen LogP contribution in [0.5, 0.6) is 5.75 Å². The van der Waals surface area contributed by atoms with Crippen molar-refractivity contribution in [3.8, 4) is 5.75 Å². The summed E-state index contributed by atoms with van der Waals surface area (Å²) in [6.07, 6.45) is 3.09. The molecule has 0 bridgehead atoms. The number of para-hydroxylation sites is 1. The summed E-state index contributed by atoms with van der Waals surface area (Å²) in [6, 6.07) is 6.17. The number of ether oxygens (including phenoxy) is 1. The number of carboxylic acids is 1. The summed E-state index contributed by atoms with van der Waals surface area (Å²) in [5.41, 5.74) is 2.29. The number of benzene rings is 1. The highest BCUT2D eigenvalue weighted by Crippen LogP contribution is 2.29. The third kappa shape index (κ3) is 4.21. The zero-order valence-electron chi connectivity index (χ0n) is 13.1. The first-order chi connectivity index (χ1) is 10.0. The van der Waals surface area contributed by atoms with Crippen LogP contribution in [0.15, 0.2) is 18.2 Å². The van der Waals surface area contributed by atoms with Gasteiger partial charge in [-0.3, -0.25) is 9.69 Å². The molecule has 1 unspecified atom stereocenters. The smallest absolute Gasteiger partial charge is 0.320 e. The lowest BCUT2D eigenvalue weighted by Gasteiger charge is -2.26. The molecule has 21 heavy (non-hydrogen) atoms. The number of rotatable bonds is 8. The lowest BCUT2D eigenvalue weighted by atomic mass is 10.1. The topological polar surface area (TPSA) is 49.8 Å². The molecule has 0 aliphatic heterocycles. The highest BCUT2D eigenvalue weighted by atomic mass is 16.5. The maximum absolute atomic E-state index is 11.1. The minimum absolute atomic E-state index is 0.405. The van der Waals surface area contributed by atoms with E-state index in [4.69, 9.17) is 9.84 Å². The number of carbonyl (C=O) groups is 1. The van der Waals surface area contributed by atoms with Crippen molar-refractivity contribution in [3.05, 3.63) is 29.3 Å². The molecule has 1 aromatic carbocycles. The Morgan fingerprint density at radius 3 is 2.52 bits per heavy atom. The Balaban J connectivity index is 1.82. The lowest BCUT2D eigenvalue weighted by Crippen LogP contribution is -2.41. The van der Waals surface area contributed by atoms with Crippen LogP contribution in [0.25, 0.3) is 0 Å². The molecule has 2 rings (SSSR count). The van der Waals surface area contributed by atoms with Crippen LogP contribution in [0.3, 0.4) is 0 Å². The van der Waals surface area contributed by atoms with Crippen LogP contribution in [-0.4, -0.2) is 41.2 Å². The highest BCUT2D eigenvalue weighted by Gasteiger charge is 2.34. The standard InChI is InChI=1S/C17H25NO3/c1-12-6-4-7-13(2)16(12)21-11-5-10-18(15-8-9-15)14(3)17(19)20/h4,6-7,14-15H,5,8-11H2,1-3H3,(H,19,20). The molecule has 0 amide bonds. The molecule has 116 valence electrons. The van der Waals surface area contributed by atoms with Crippen molar-refractivity contribution in [2.75, 3.05) is 13.2 Å². The van der Waals surface area contributed by atoms with E-state index in [1.165, 1.54) is 0 Å². The van der Waals surface area contributed by atoms with Gasteiger partial charge in [0.1, 0.15) is 11.8 Å². The van der Waals surface area contributed by atoms with Crippen LogP contribution < -0.4 is 4.74 Å². The van der Waals surface area contributed by atoms with Crippen molar-refractivity contribution < 1.29 is 14.6 Å². The summed E-state index contributed by atoms with van der Waals surface area (Å²) in [5, 5.41) is 9.16. The van der Waals surface area contributed by atoms with Crippen molar-refractivity contribution in [3.63, 3.8) is 0 Å². The van der Waals surface area contributed by atoms with Crippen molar-refractivity contribution in [2.45, 2.75) is 52.1 Å². The van der Waals surface area contributed by atoms with Gasteiger partial charge in [-0.15, -0.1) is 0 Å². The molecule has 0 spiro atoms. The number of hydrogen-bond acceptors (Lipinski definition) is 3. The monoisotopic (exact) mass is 291 g/mol. The molecular weight excluding hydrogens is 266 g/mol. The maximum Gasteiger partial charge on any atom is 0.320 e. The molecule has 1 aliphatic rings. The molecule has 1 saturated carbocycles. The second-order valence-corrected chi connectivity index (χ2v) is 5.91. The highest BCUT2D eigenvalue weighted by molar-refractivity contribution is 5.73. The first-order valence-electron chi connectivity index (χ1n) is 7.68. The van der Waals surface area contributed by atoms with Crippen molar-refractivity contribution in [1.82, 2.24) is 4.90 Å². The quantitative estimate of drug-likeness (QED) is 0.748. The minimum Gasteiger partial charge on any atom is -0.493 e. The van der Waals surface area contributed by atoms with Gasteiger partial charge in [0, 0.05) is 12.6 Å². The van der Waals surface area contributed by atoms with Gasteiger partial charge in [-0.2, -0.15) is 0 Å². The Bertz CT molecular complexity index is 477. The van der Waals surface area contributed by atoms with Crippen LogP contribution in [-0.2, 0) is 4.79 Å². The summed E-state index contributed by atoms with van der Waals surface area (Å²) >= 11 is 0. The van der Waals surface area contributed by atoms with E-state index in [9.17, 15) is 4.79 Å². The molecule has 0 radical (unpaired) electrons. The molecule has 4 nitrogen and oxygen atoms in total. The minimum atomic E-state index is -0.738. The second-order valence-electron chi connectivity index (χ2n) is 5.91. The van der Waals surface area contributed by atoms with E-state index in [1.807, 2.05) is 32.0 Å². The molecule has 1 fully saturated rings. The van der Waals surface area contributed by atoms with Crippen molar-refractivity contribution >= 4 is 5.97 Å². The number of carboxylic acid groups (broad SMARTS) is 1. The van der Waals surface area contributed by atoms with Gasteiger partial charge in [-0.1, -0.05) is 18.2 Å². The van der Waals surface area contributed by atoms with Crippen molar-refractivity contribution in [1.29, 1.82) is 0 Å². The van der Waals surface area contributed by atoms with Crippen LogP contribution >= 0.6 is 0 Å². The lowest BCUT2D eigenvalue weighted by molar-refractivity contribution is -0.142. The van der Waals surface area contributed by atoms with E-state index < -0.39 is 12.0 Å². The van der Waals surface area contributed by atoms with Gasteiger partial charge in [0.15, 0.2) is 0 Å². The summed E-state index contributed by atoms with van der Waals surface area (Å²) in [7, 11) is 0. The average Bonchev–Trinajstić information content (AvgIpc) is 3.25. The fourth-order valence-electron chi connectivity index (χ4n) is 2.69. The van der Waals surface area contributed by atoms with E-state index in [0.717, 1.165) is 42.7 Å². The summed E-state index contributed by atoms with van der Waals surface area (Å²) < 4.78 is 5.88. The molecule has 1 N–H and O–H groups in total. The Hall–Kier alpha value is -1.55. The van der Waals surface area contributed by atoms with Gasteiger partial charge in [0.2, 0.25) is 0 Å². The van der Waals surface area contributed by atoms with Gasteiger partial charge < -0.3 is 9.84 Å². The normalized spacial score (nSPS) is 16.0. The second kappa shape index (κ2) is 6.94. The Morgan fingerprint density at radius 2 is 2.00 bits per heavy atom. The fraction of sp³-hybridized carbons (Fsp3) is 0.588. The van der Waals surface area contributed by atoms with Gasteiger partial charge in [-0.25, -0.2) is 0 Å². The SMILES string of the molecule is Cc1cccc(C)c1OCCCN(C1CC1)C(C)C(=O)O. The molecule has 1 aromatic rings. The number of hydrogen-bond donors (Lipinski definition) is 1. The van der Waals surface area contributed by atoms with E-state index in [1.54, 1.807) is 6.92 Å². The Kier molecular flexibility index (Phi) is 5.23. The largest absolute Gasteiger partial charge is 0.493 e. The first kappa shape index (κ1) is 15.8. The zero-order chi connectivity index (χ0) is 15.4. The summed E-state index contributed by atoms with van der Waals surface area (Å²) in [5.74, 6) is 0.222. The van der Waals surface area contributed by atoms with E-state index in [2.05, 4.69) is 4.90 Å². The third-order valence-electron chi connectivity index (χ3n) is 4.09. The fourth-order valence-corrected chi connectivity index (χ4v) is 2.69. The molecule has 0 heterocycles. The van der Waals surface area contributed by atoms with Crippen LogP contribution in [0.1, 0.15) is 37.3 Å². The van der Waals surface area contributed by atoms with E-state index >= 15 is 0 Å². The molecule has 0 aromatic heterocycles. The maximum atomic E-state index is 11.1. The Labute approximate surface area is 126 Å². The summed E-state index contributed by atoms with van der Waals surface area (Å²) in [6.45, 7) is 7.27. The predicted octanol–water partition coefficient (Wildman–Crippen LogP) is 3.01. The molecule has 0 saturated heterocycles. The Morgan fingerprint density at radius 1 is 1.38 bits per heavy atom. The average molecular weight is 291 g/mol. The van der Waals surface area contributed by atoms with Gasteiger partial charge in [0.05, 0.1) is 6.61 Å². The predicted molar refractivity (Wildman–Crippen MR) is 82.9 cm³/mol. The van der Waals surface area contributed by atoms with E-state index in [0.29, 0.717) is 12.6 Å². The first-order valence-corrected chi connectivity index (χ1v) is 7.68. The molecule has 1 aliphatic carbocycles. The number of aliphatic carboxylic acids is 1. The molecule has 1 atom stereocenters. The van der Waals surface area contributed by atoms with Gasteiger partial charge in [-0.05, 0) is 51.2 Å². The van der Waals surface area contributed by atoms with Crippen LogP contribution in [0, 0.1) is 13.8 Å². The van der Waals surface area contributed by atoms with E-state index in [-0.39, 0.29) is 0 Å². The molecule has 4 heteroatoms. The van der Waals surface area contributed by atoms with Crippen molar-refractivity contribution in [2.24, 2.45) is 0 Å². The van der Waals surface area contributed by atoms with Crippen LogP contribution in [0.2, 0.25) is 0 Å². The number of nitrogens with zero attached hydrogens (tertiary/aromatic N) is 1. The zero-order valence-corrected chi connectivity index (χ0v) is 13.1. The van der Waals surface area contributed by atoms with Gasteiger partial charge >= 0.3 is 5.97 Å². The van der Waals surface area contributed by atoms with Crippen LogP contribution in [0.4, 0.5) is 0 Å². The summed E-state index contributed by atoms with van der Waals surface area (Å²) in [4.78, 5) is 13.2. The molecular formula is C17H25NO3. The van der Waals surface area contributed by atoms with Gasteiger partial charge in [0.25, 0.3) is 0 Å². The number of aryl methyl sites for hydroxylation is 2.